The Kier molecular flexibility index (Phi) is 5.08. The summed E-state index contributed by atoms with van der Waals surface area (Å²) in [5.41, 5.74) is 3.44. The molecule has 0 aliphatic carbocycles. The average molecular weight is 346 g/mol. The van der Waals surface area contributed by atoms with Crippen LogP contribution in [0.4, 0.5) is 11.4 Å². The van der Waals surface area contributed by atoms with E-state index in [1.807, 2.05) is 48.5 Å². The minimum Gasteiger partial charge on any atom is -0.321 e. The van der Waals surface area contributed by atoms with Crippen LogP contribution in [0, 0.1) is 17.0 Å². The quantitative estimate of drug-likeness (QED) is 0.535. The molecule has 0 aliphatic rings. The zero-order chi connectivity index (χ0) is 18.5. The lowest BCUT2D eigenvalue weighted by Crippen LogP contribution is -2.15. The fraction of sp³-hybridized carbons (Fsp3) is 0.0952. The molecule has 3 aromatic rings. The molecule has 0 heterocycles. The highest BCUT2D eigenvalue weighted by Gasteiger charge is 2.17. The fourth-order valence-corrected chi connectivity index (χ4v) is 2.86. The van der Waals surface area contributed by atoms with Gasteiger partial charge >= 0.3 is 0 Å². The van der Waals surface area contributed by atoms with Crippen molar-refractivity contribution in [1.29, 1.82) is 0 Å². The highest BCUT2D eigenvalue weighted by atomic mass is 16.6. The number of nitro groups is 1. The molecule has 0 bridgehead atoms. The topological polar surface area (TPSA) is 72.2 Å². The third-order valence-corrected chi connectivity index (χ3v) is 4.25. The Morgan fingerprint density at radius 2 is 1.65 bits per heavy atom. The van der Waals surface area contributed by atoms with Gasteiger partial charge in [0.25, 0.3) is 11.6 Å². The third kappa shape index (κ3) is 3.78. The van der Waals surface area contributed by atoms with Gasteiger partial charge in [0.15, 0.2) is 0 Å². The van der Waals surface area contributed by atoms with Crippen LogP contribution in [0.15, 0.2) is 72.8 Å². The monoisotopic (exact) mass is 346 g/mol. The number of rotatable bonds is 5. The first kappa shape index (κ1) is 17.4. The van der Waals surface area contributed by atoms with E-state index in [1.54, 1.807) is 25.1 Å². The molecule has 0 atom stereocenters. The molecule has 1 amide bonds. The lowest BCUT2D eigenvalue weighted by Gasteiger charge is -2.12. The summed E-state index contributed by atoms with van der Waals surface area (Å²) < 4.78 is 0. The van der Waals surface area contributed by atoms with E-state index in [9.17, 15) is 14.9 Å². The fourth-order valence-electron chi connectivity index (χ4n) is 2.86. The number of benzene rings is 3. The molecule has 0 spiro atoms. The molecule has 5 nitrogen and oxygen atoms in total. The van der Waals surface area contributed by atoms with Gasteiger partial charge in [0.2, 0.25) is 0 Å². The minimum absolute atomic E-state index is 0.0135. The maximum atomic E-state index is 12.8. The average Bonchev–Trinajstić information content (AvgIpc) is 2.64. The van der Waals surface area contributed by atoms with E-state index < -0.39 is 4.92 Å². The van der Waals surface area contributed by atoms with Gasteiger partial charge in [-0.25, -0.2) is 0 Å². The van der Waals surface area contributed by atoms with Gasteiger partial charge < -0.3 is 5.32 Å². The summed E-state index contributed by atoms with van der Waals surface area (Å²) in [5.74, 6) is -0.278. The standard InChI is InChI=1S/C21H18N2O3/c1-15-19(12-7-13-20(15)23(25)26)22-21(24)18-11-6-5-10-17(18)14-16-8-3-2-4-9-16/h2-13H,14H2,1H3,(H,22,24). The van der Waals surface area contributed by atoms with Crippen molar-refractivity contribution in [3.05, 3.63) is 105 Å². The van der Waals surface area contributed by atoms with Crippen molar-refractivity contribution in [2.24, 2.45) is 0 Å². The summed E-state index contributed by atoms with van der Waals surface area (Å²) in [6.07, 6.45) is 0.637. The summed E-state index contributed by atoms with van der Waals surface area (Å²) in [6, 6.07) is 22.0. The van der Waals surface area contributed by atoms with E-state index in [0.717, 1.165) is 11.1 Å². The largest absolute Gasteiger partial charge is 0.321 e. The number of hydrogen-bond acceptors (Lipinski definition) is 3. The summed E-state index contributed by atoms with van der Waals surface area (Å²) in [4.78, 5) is 23.4. The number of carbonyl (C=O) groups is 1. The molecule has 0 radical (unpaired) electrons. The molecule has 0 aromatic heterocycles. The Morgan fingerprint density at radius 1 is 0.962 bits per heavy atom. The second-order valence-corrected chi connectivity index (χ2v) is 5.98. The second kappa shape index (κ2) is 7.61. The van der Waals surface area contributed by atoms with Gasteiger partial charge in [-0.3, -0.25) is 14.9 Å². The van der Waals surface area contributed by atoms with Crippen molar-refractivity contribution in [2.45, 2.75) is 13.3 Å². The van der Waals surface area contributed by atoms with Gasteiger partial charge in [0.1, 0.15) is 0 Å². The maximum Gasteiger partial charge on any atom is 0.274 e. The van der Waals surface area contributed by atoms with Gasteiger partial charge in [0, 0.05) is 11.6 Å². The van der Waals surface area contributed by atoms with Crippen molar-refractivity contribution in [3.63, 3.8) is 0 Å². The Morgan fingerprint density at radius 3 is 2.38 bits per heavy atom. The Bertz CT molecular complexity index is 952. The number of hydrogen-bond donors (Lipinski definition) is 1. The predicted molar refractivity (Wildman–Crippen MR) is 101 cm³/mol. The molecule has 130 valence electrons. The molecule has 1 N–H and O–H groups in total. The molecular formula is C21H18N2O3. The van der Waals surface area contributed by atoms with Crippen LogP contribution in [0.2, 0.25) is 0 Å². The van der Waals surface area contributed by atoms with Crippen molar-refractivity contribution < 1.29 is 9.72 Å². The van der Waals surface area contributed by atoms with Crippen LogP contribution in [-0.2, 0) is 6.42 Å². The lowest BCUT2D eigenvalue weighted by atomic mass is 9.99. The van der Waals surface area contributed by atoms with E-state index in [0.29, 0.717) is 23.2 Å². The molecule has 3 aromatic carbocycles. The first-order chi connectivity index (χ1) is 12.6. The first-order valence-corrected chi connectivity index (χ1v) is 8.23. The summed E-state index contributed by atoms with van der Waals surface area (Å²) in [6.45, 7) is 1.63. The second-order valence-electron chi connectivity index (χ2n) is 5.98. The van der Waals surface area contributed by atoms with Gasteiger partial charge in [-0.2, -0.15) is 0 Å². The van der Waals surface area contributed by atoms with Crippen LogP contribution in [0.3, 0.4) is 0 Å². The summed E-state index contributed by atoms with van der Waals surface area (Å²) >= 11 is 0. The zero-order valence-electron chi connectivity index (χ0n) is 14.3. The van der Waals surface area contributed by atoms with Crippen LogP contribution in [0.5, 0.6) is 0 Å². The van der Waals surface area contributed by atoms with Crippen LogP contribution < -0.4 is 5.32 Å². The molecule has 0 saturated carbocycles. The molecule has 0 unspecified atom stereocenters. The number of carbonyl (C=O) groups excluding carboxylic acids is 1. The third-order valence-electron chi connectivity index (χ3n) is 4.25. The number of amides is 1. The van der Waals surface area contributed by atoms with Crippen molar-refractivity contribution in [3.8, 4) is 0 Å². The number of nitro benzene ring substituents is 1. The van der Waals surface area contributed by atoms with Crippen LogP contribution in [0.25, 0.3) is 0 Å². The first-order valence-electron chi connectivity index (χ1n) is 8.23. The summed E-state index contributed by atoms with van der Waals surface area (Å²) in [7, 11) is 0. The molecular weight excluding hydrogens is 328 g/mol. The molecule has 0 aliphatic heterocycles. The highest BCUT2D eigenvalue weighted by molar-refractivity contribution is 6.06. The normalized spacial score (nSPS) is 10.3. The molecule has 26 heavy (non-hydrogen) atoms. The smallest absolute Gasteiger partial charge is 0.274 e. The maximum absolute atomic E-state index is 12.8. The summed E-state index contributed by atoms with van der Waals surface area (Å²) in [5, 5.41) is 13.9. The Hall–Kier alpha value is -3.47. The van der Waals surface area contributed by atoms with E-state index >= 15 is 0 Å². The predicted octanol–water partition coefficient (Wildman–Crippen LogP) is 4.75. The SMILES string of the molecule is Cc1c(NC(=O)c2ccccc2Cc2ccccc2)cccc1[N+](=O)[O-]. The van der Waals surface area contributed by atoms with E-state index in [4.69, 9.17) is 0 Å². The number of nitrogens with one attached hydrogen (secondary N) is 1. The van der Waals surface area contributed by atoms with Crippen molar-refractivity contribution in [1.82, 2.24) is 0 Å². The van der Waals surface area contributed by atoms with E-state index in [2.05, 4.69) is 5.32 Å². The van der Waals surface area contributed by atoms with Crippen LogP contribution >= 0.6 is 0 Å². The van der Waals surface area contributed by atoms with Crippen molar-refractivity contribution in [2.75, 3.05) is 5.32 Å². The van der Waals surface area contributed by atoms with E-state index in [-0.39, 0.29) is 11.6 Å². The lowest BCUT2D eigenvalue weighted by molar-refractivity contribution is -0.385. The zero-order valence-corrected chi connectivity index (χ0v) is 14.3. The Labute approximate surface area is 151 Å². The molecule has 5 heteroatoms. The van der Waals surface area contributed by atoms with Crippen LogP contribution in [0.1, 0.15) is 27.0 Å². The molecule has 3 rings (SSSR count). The number of nitrogens with zero attached hydrogens (tertiary/aromatic N) is 1. The van der Waals surface area contributed by atoms with E-state index in [1.165, 1.54) is 6.07 Å². The van der Waals surface area contributed by atoms with Crippen LogP contribution in [-0.4, -0.2) is 10.8 Å². The van der Waals surface area contributed by atoms with Gasteiger partial charge in [-0.05, 0) is 36.6 Å². The van der Waals surface area contributed by atoms with Gasteiger partial charge in [-0.1, -0.05) is 54.6 Å². The van der Waals surface area contributed by atoms with Crippen molar-refractivity contribution >= 4 is 17.3 Å². The van der Waals surface area contributed by atoms with Gasteiger partial charge in [-0.15, -0.1) is 0 Å². The molecule has 0 saturated heterocycles. The van der Waals surface area contributed by atoms with Gasteiger partial charge in [0.05, 0.1) is 16.2 Å². The molecule has 0 fully saturated rings. The Balaban J connectivity index is 1.88. The minimum atomic E-state index is -0.450. The number of anilines is 1. The highest BCUT2D eigenvalue weighted by Crippen LogP contribution is 2.26.